The van der Waals surface area contributed by atoms with Crippen LogP contribution in [-0.2, 0) is 9.53 Å². The summed E-state index contributed by atoms with van der Waals surface area (Å²) in [5, 5.41) is 35.2. The van der Waals surface area contributed by atoms with E-state index in [9.17, 15) is 70.7 Å². The molecule has 0 aromatic heterocycles. The Morgan fingerprint density at radius 3 is 1.12 bits per heavy atom. The number of aliphatic hydroxyl groups is 4. The Hall–Kier alpha value is -2.00. The van der Waals surface area contributed by atoms with Gasteiger partial charge in [-0.05, 0) is 0 Å². The number of esters is 1. The molecular weight excluding hydrogens is 525 g/mol. The van der Waals surface area contributed by atoms with Crippen molar-refractivity contribution in [2.75, 3.05) is 0 Å². The van der Waals surface area contributed by atoms with Crippen LogP contribution in [0.3, 0.4) is 0 Å². The fourth-order valence-electron chi connectivity index (χ4n) is 1.64. The lowest BCUT2D eigenvalue weighted by atomic mass is 9.87. The van der Waals surface area contributed by atoms with Gasteiger partial charge in [-0.15, -0.1) is 0 Å². The average molecular weight is 532 g/mol. The van der Waals surface area contributed by atoms with E-state index in [2.05, 4.69) is 11.3 Å². The summed E-state index contributed by atoms with van der Waals surface area (Å²) in [6.07, 6.45) is -8.12. The van der Waals surface area contributed by atoms with Gasteiger partial charge in [0.2, 0.25) is 0 Å². The Morgan fingerprint density at radius 1 is 0.576 bits per heavy atom. The zero-order chi connectivity index (χ0) is 27.5. The summed E-state index contributed by atoms with van der Waals surface area (Å²) >= 11 is 0. The molecule has 0 fully saturated rings. The average Bonchev–Trinajstić information content (AvgIpc) is 2.58. The Morgan fingerprint density at radius 2 is 0.848 bits per heavy atom. The third kappa shape index (κ3) is 3.97. The molecule has 0 rings (SSSR count). The SMILES string of the molecule is C=CC(=O)OC(O)(O)C(O)(O)C(F)(F)C(F)(F)C(F)(F)C(F)(F)C(F)(F)C(F)(F)C(F)(F)F. The molecule has 0 saturated heterocycles. The molecule has 196 valence electrons. The maximum absolute atomic E-state index is 13.7. The fourth-order valence-corrected chi connectivity index (χ4v) is 1.64. The lowest BCUT2D eigenvalue weighted by Gasteiger charge is -2.45. The van der Waals surface area contributed by atoms with Crippen LogP contribution in [-0.4, -0.2) is 79.9 Å². The molecular formula is C12H7F15O6. The lowest BCUT2D eigenvalue weighted by molar-refractivity contribution is -0.524. The Balaban J connectivity index is 6.88. The fraction of sp³-hybridized carbons (Fsp3) is 0.750. The molecule has 0 aromatic rings. The highest BCUT2D eigenvalue weighted by Crippen LogP contribution is 2.63. The molecule has 0 bridgehead atoms. The molecule has 21 heteroatoms. The molecule has 0 aromatic carbocycles. The first-order chi connectivity index (χ1) is 14.0. The monoisotopic (exact) mass is 532 g/mol. The minimum atomic E-state index is -8.77. The van der Waals surface area contributed by atoms with Gasteiger partial charge in [-0.1, -0.05) is 6.58 Å². The van der Waals surface area contributed by atoms with Gasteiger partial charge in [0.05, 0.1) is 0 Å². The first-order valence-corrected chi connectivity index (χ1v) is 7.04. The number of carbonyl (C=O) groups is 1. The minimum Gasteiger partial charge on any atom is -0.400 e. The van der Waals surface area contributed by atoms with E-state index in [0.29, 0.717) is 0 Å². The van der Waals surface area contributed by atoms with E-state index in [1.54, 1.807) is 0 Å². The van der Waals surface area contributed by atoms with Crippen LogP contribution in [0.25, 0.3) is 0 Å². The molecule has 4 N–H and O–H groups in total. The summed E-state index contributed by atoms with van der Waals surface area (Å²) in [6, 6.07) is 0. The zero-order valence-corrected chi connectivity index (χ0v) is 14.6. The van der Waals surface area contributed by atoms with E-state index in [-0.39, 0.29) is 6.08 Å². The second-order valence-corrected chi connectivity index (χ2v) is 5.85. The highest BCUT2D eigenvalue weighted by molar-refractivity contribution is 5.81. The number of halogens is 15. The highest BCUT2D eigenvalue weighted by Gasteiger charge is 2.96. The number of carbonyl (C=O) groups excluding carboxylic acids is 1. The van der Waals surface area contributed by atoms with Gasteiger partial charge in [0, 0.05) is 6.08 Å². The molecule has 0 radical (unpaired) electrons. The number of hydrogen-bond acceptors (Lipinski definition) is 6. The van der Waals surface area contributed by atoms with E-state index in [1.807, 2.05) is 0 Å². The number of ether oxygens (including phenoxy) is 1. The number of hydrogen-bond donors (Lipinski definition) is 4. The predicted octanol–water partition coefficient (Wildman–Crippen LogP) is 2.41. The van der Waals surface area contributed by atoms with Crippen LogP contribution in [0.5, 0.6) is 0 Å². The lowest BCUT2D eigenvalue weighted by Crippen LogP contribution is -2.78. The molecule has 6 nitrogen and oxygen atoms in total. The molecule has 0 aliphatic carbocycles. The van der Waals surface area contributed by atoms with Gasteiger partial charge < -0.3 is 25.2 Å². The third-order valence-corrected chi connectivity index (χ3v) is 3.63. The predicted molar refractivity (Wildman–Crippen MR) is 66.4 cm³/mol. The molecule has 0 aliphatic heterocycles. The number of rotatable bonds is 9. The van der Waals surface area contributed by atoms with Gasteiger partial charge in [-0.25, -0.2) is 4.79 Å². The van der Waals surface area contributed by atoms with Crippen LogP contribution in [0, 0.1) is 0 Å². The zero-order valence-electron chi connectivity index (χ0n) is 14.6. The van der Waals surface area contributed by atoms with Crippen molar-refractivity contribution in [2.45, 2.75) is 53.5 Å². The van der Waals surface area contributed by atoms with Crippen molar-refractivity contribution >= 4 is 5.97 Å². The smallest absolute Gasteiger partial charge is 0.400 e. The summed E-state index contributed by atoms with van der Waals surface area (Å²) in [5.74, 6) is -66.0. The topological polar surface area (TPSA) is 107 Å². The van der Waals surface area contributed by atoms with Crippen LogP contribution in [0.15, 0.2) is 12.7 Å². The third-order valence-electron chi connectivity index (χ3n) is 3.63. The van der Waals surface area contributed by atoms with Crippen LogP contribution < -0.4 is 0 Å². The Kier molecular flexibility index (Phi) is 7.29. The molecule has 0 spiro atoms. The van der Waals surface area contributed by atoms with Crippen molar-refractivity contribution in [1.82, 2.24) is 0 Å². The minimum absolute atomic E-state index is 0.268. The first kappa shape index (κ1) is 31.0. The van der Waals surface area contributed by atoms with Crippen molar-refractivity contribution in [3.05, 3.63) is 12.7 Å². The molecule has 0 aliphatic rings. The summed E-state index contributed by atoms with van der Waals surface area (Å²) in [5.41, 5.74) is 0. The standard InChI is InChI=1S/C12H7F15O6/c1-2-3(28)33-12(31,32)10(29,30)8(21,22)6(17,18)4(13,14)5(15,16)7(19,20)9(23,24)11(25,26)27/h2,29-32H,1H2. The van der Waals surface area contributed by atoms with Crippen LogP contribution in [0.4, 0.5) is 65.9 Å². The van der Waals surface area contributed by atoms with Gasteiger partial charge >= 0.3 is 59.4 Å². The summed E-state index contributed by atoms with van der Waals surface area (Å²) in [6.45, 7) is 2.42. The van der Waals surface area contributed by atoms with E-state index < -0.39 is 59.4 Å². The van der Waals surface area contributed by atoms with Gasteiger partial charge in [-0.3, -0.25) is 0 Å². The summed E-state index contributed by atoms with van der Waals surface area (Å²) < 4.78 is 198. The summed E-state index contributed by atoms with van der Waals surface area (Å²) in [4.78, 5) is 10.7. The normalized spacial score (nSPS) is 16.0. The van der Waals surface area contributed by atoms with Gasteiger partial charge in [0.25, 0.3) is 0 Å². The van der Waals surface area contributed by atoms with Crippen molar-refractivity contribution < 1.29 is 95.8 Å². The summed E-state index contributed by atoms with van der Waals surface area (Å²) in [7, 11) is 0. The van der Waals surface area contributed by atoms with E-state index >= 15 is 0 Å². The molecule has 0 amide bonds. The van der Waals surface area contributed by atoms with Gasteiger partial charge in [0.15, 0.2) is 0 Å². The quantitative estimate of drug-likeness (QED) is 0.157. The van der Waals surface area contributed by atoms with Crippen molar-refractivity contribution in [2.24, 2.45) is 0 Å². The number of alkyl halides is 15. The molecule has 0 unspecified atom stereocenters. The van der Waals surface area contributed by atoms with Gasteiger partial charge in [-0.2, -0.15) is 65.9 Å². The Bertz CT molecular complexity index is 770. The van der Waals surface area contributed by atoms with E-state index in [1.165, 1.54) is 0 Å². The molecule has 0 heterocycles. The van der Waals surface area contributed by atoms with Crippen molar-refractivity contribution in [1.29, 1.82) is 0 Å². The van der Waals surface area contributed by atoms with Gasteiger partial charge in [0.1, 0.15) is 0 Å². The van der Waals surface area contributed by atoms with Crippen molar-refractivity contribution in [3.8, 4) is 0 Å². The Labute approximate surface area is 169 Å². The van der Waals surface area contributed by atoms with Crippen LogP contribution in [0.1, 0.15) is 0 Å². The van der Waals surface area contributed by atoms with E-state index in [0.717, 1.165) is 0 Å². The second-order valence-electron chi connectivity index (χ2n) is 5.85. The molecule has 0 atom stereocenters. The van der Waals surface area contributed by atoms with Crippen LogP contribution >= 0.6 is 0 Å². The van der Waals surface area contributed by atoms with Crippen LogP contribution in [0.2, 0.25) is 0 Å². The van der Waals surface area contributed by atoms with E-state index in [4.69, 9.17) is 20.4 Å². The molecule has 33 heavy (non-hydrogen) atoms. The second kappa shape index (κ2) is 7.77. The van der Waals surface area contributed by atoms with Crippen molar-refractivity contribution in [3.63, 3.8) is 0 Å². The maximum atomic E-state index is 13.7. The first-order valence-electron chi connectivity index (χ1n) is 7.04. The maximum Gasteiger partial charge on any atom is 0.460 e. The highest BCUT2D eigenvalue weighted by atomic mass is 19.4. The largest absolute Gasteiger partial charge is 0.460 e. The molecule has 0 saturated carbocycles.